The molecule has 0 aliphatic carbocycles. The summed E-state index contributed by atoms with van der Waals surface area (Å²) in [6.45, 7) is 0.775. The molecule has 1 heterocycles. The highest BCUT2D eigenvalue weighted by Gasteiger charge is 2.02. The standard InChI is InChI=1S/C14H18N4OS/c1-19-11-5-3-4-10(8-11)6-7-16-13-9-12(15)17-14(18-13)20-2/h3-5,8-9H,6-7H2,1-2H3,(H3,15,16,17,18). The number of hydrogen-bond acceptors (Lipinski definition) is 6. The van der Waals surface area contributed by atoms with Gasteiger partial charge in [-0.3, -0.25) is 0 Å². The van der Waals surface area contributed by atoms with E-state index in [-0.39, 0.29) is 0 Å². The molecule has 3 N–H and O–H groups in total. The topological polar surface area (TPSA) is 73.1 Å². The SMILES string of the molecule is COc1cccc(CCNc2cc(N)nc(SC)n2)c1. The maximum Gasteiger partial charge on any atom is 0.191 e. The minimum absolute atomic E-state index is 0.480. The van der Waals surface area contributed by atoms with E-state index in [1.165, 1.54) is 17.3 Å². The molecule has 0 radical (unpaired) electrons. The molecule has 0 aliphatic heterocycles. The largest absolute Gasteiger partial charge is 0.497 e. The predicted octanol–water partition coefficient (Wildman–Crippen LogP) is 2.44. The lowest BCUT2D eigenvalue weighted by Gasteiger charge is -2.08. The van der Waals surface area contributed by atoms with Crippen LogP contribution in [0.15, 0.2) is 35.5 Å². The summed E-state index contributed by atoms with van der Waals surface area (Å²) in [5.41, 5.74) is 6.95. The molecule has 0 bridgehead atoms. The number of thioether (sulfide) groups is 1. The Labute approximate surface area is 123 Å². The van der Waals surface area contributed by atoms with Gasteiger partial charge in [-0.2, -0.15) is 0 Å². The molecule has 0 aliphatic rings. The first-order chi connectivity index (χ1) is 9.71. The number of hydrogen-bond donors (Lipinski definition) is 2. The molecular formula is C14H18N4OS. The van der Waals surface area contributed by atoms with Gasteiger partial charge in [-0.25, -0.2) is 9.97 Å². The Balaban J connectivity index is 1.93. The van der Waals surface area contributed by atoms with E-state index in [0.29, 0.717) is 11.0 Å². The molecule has 0 fully saturated rings. The molecular weight excluding hydrogens is 272 g/mol. The van der Waals surface area contributed by atoms with Gasteiger partial charge in [-0.05, 0) is 30.4 Å². The molecule has 0 spiro atoms. The van der Waals surface area contributed by atoms with Crippen LogP contribution in [0, 0.1) is 0 Å². The monoisotopic (exact) mass is 290 g/mol. The van der Waals surface area contributed by atoms with E-state index in [9.17, 15) is 0 Å². The third-order valence-electron chi connectivity index (χ3n) is 2.76. The molecule has 1 aromatic carbocycles. The summed E-state index contributed by atoms with van der Waals surface area (Å²) >= 11 is 1.47. The van der Waals surface area contributed by atoms with Crippen molar-refractivity contribution in [2.45, 2.75) is 11.6 Å². The molecule has 0 saturated carbocycles. The number of nitrogens with one attached hydrogen (secondary N) is 1. The first kappa shape index (κ1) is 14.5. The van der Waals surface area contributed by atoms with Crippen molar-refractivity contribution in [3.8, 4) is 5.75 Å². The minimum Gasteiger partial charge on any atom is -0.497 e. The average molecular weight is 290 g/mol. The van der Waals surface area contributed by atoms with Crippen LogP contribution >= 0.6 is 11.8 Å². The Bertz CT molecular complexity index is 577. The number of aromatic nitrogens is 2. The van der Waals surface area contributed by atoms with Crippen LogP contribution in [0.2, 0.25) is 0 Å². The number of rotatable bonds is 6. The lowest BCUT2D eigenvalue weighted by atomic mass is 10.1. The fourth-order valence-corrected chi connectivity index (χ4v) is 2.17. The van der Waals surface area contributed by atoms with Gasteiger partial charge >= 0.3 is 0 Å². The van der Waals surface area contributed by atoms with Crippen molar-refractivity contribution in [2.24, 2.45) is 0 Å². The van der Waals surface area contributed by atoms with Crippen LogP contribution in [0.4, 0.5) is 11.6 Å². The van der Waals surface area contributed by atoms with Gasteiger partial charge in [0, 0.05) is 12.6 Å². The Morgan fingerprint density at radius 3 is 2.90 bits per heavy atom. The quantitative estimate of drug-likeness (QED) is 0.629. The van der Waals surface area contributed by atoms with Crippen molar-refractivity contribution < 1.29 is 4.74 Å². The summed E-state index contributed by atoms with van der Waals surface area (Å²) in [5, 5.41) is 3.94. The second-order valence-electron chi connectivity index (χ2n) is 4.19. The van der Waals surface area contributed by atoms with Gasteiger partial charge in [0.1, 0.15) is 17.4 Å². The van der Waals surface area contributed by atoms with Crippen LogP contribution < -0.4 is 15.8 Å². The Morgan fingerprint density at radius 2 is 2.15 bits per heavy atom. The van der Waals surface area contributed by atoms with Gasteiger partial charge in [0.25, 0.3) is 0 Å². The van der Waals surface area contributed by atoms with Gasteiger partial charge in [-0.15, -0.1) is 0 Å². The van der Waals surface area contributed by atoms with Gasteiger partial charge in [0.15, 0.2) is 5.16 Å². The van der Waals surface area contributed by atoms with E-state index in [1.54, 1.807) is 13.2 Å². The zero-order valence-electron chi connectivity index (χ0n) is 11.6. The number of nitrogens with two attached hydrogens (primary N) is 1. The highest BCUT2D eigenvalue weighted by Crippen LogP contribution is 2.16. The summed E-state index contributed by atoms with van der Waals surface area (Å²) < 4.78 is 5.21. The number of nitrogens with zero attached hydrogens (tertiary/aromatic N) is 2. The van der Waals surface area contributed by atoms with Crippen LogP contribution in [0.25, 0.3) is 0 Å². The summed E-state index contributed by atoms with van der Waals surface area (Å²) in [5.74, 6) is 2.11. The van der Waals surface area contributed by atoms with Gasteiger partial charge in [0.2, 0.25) is 0 Å². The Hall–Kier alpha value is -1.95. The average Bonchev–Trinajstić information content (AvgIpc) is 2.47. The molecule has 6 heteroatoms. The van der Waals surface area contributed by atoms with Crippen LogP contribution in [-0.4, -0.2) is 29.9 Å². The highest BCUT2D eigenvalue weighted by molar-refractivity contribution is 7.98. The second-order valence-corrected chi connectivity index (χ2v) is 4.97. The van der Waals surface area contributed by atoms with Crippen LogP contribution in [0.5, 0.6) is 5.75 Å². The number of anilines is 2. The van der Waals surface area contributed by atoms with Crippen molar-refractivity contribution in [3.63, 3.8) is 0 Å². The smallest absolute Gasteiger partial charge is 0.191 e. The maximum atomic E-state index is 5.73. The van der Waals surface area contributed by atoms with E-state index in [1.807, 2.05) is 24.5 Å². The fourth-order valence-electron chi connectivity index (χ4n) is 1.79. The lowest BCUT2D eigenvalue weighted by molar-refractivity contribution is 0.414. The minimum atomic E-state index is 0.480. The van der Waals surface area contributed by atoms with Crippen LogP contribution in [0.1, 0.15) is 5.56 Å². The molecule has 1 aromatic heterocycles. The number of benzene rings is 1. The van der Waals surface area contributed by atoms with E-state index >= 15 is 0 Å². The predicted molar refractivity (Wildman–Crippen MR) is 83.4 cm³/mol. The molecule has 20 heavy (non-hydrogen) atoms. The zero-order chi connectivity index (χ0) is 14.4. The molecule has 2 aromatic rings. The van der Waals surface area contributed by atoms with Crippen LogP contribution in [-0.2, 0) is 6.42 Å². The summed E-state index contributed by atoms with van der Waals surface area (Å²) in [6.07, 6.45) is 2.81. The van der Waals surface area contributed by atoms with E-state index in [0.717, 1.165) is 24.5 Å². The number of ether oxygens (including phenoxy) is 1. The van der Waals surface area contributed by atoms with Crippen molar-refractivity contribution in [3.05, 3.63) is 35.9 Å². The molecule has 0 amide bonds. The zero-order valence-corrected chi connectivity index (χ0v) is 12.4. The third-order valence-corrected chi connectivity index (χ3v) is 3.31. The number of methoxy groups -OCH3 is 1. The van der Waals surface area contributed by atoms with Crippen molar-refractivity contribution in [1.82, 2.24) is 9.97 Å². The van der Waals surface area contributed by atoms with E-state index < -0.39 is 0 Å². The molecule has 2 rings (SSSR count). The van der Waals surface area contributed by atoms with Crippen molar-refractivity contribution in [1.29, 1.82) is 0 Å². The first-order valence-electron chi connectivity index (χ1n) is 6.26. The number of nitrogen functional groups attached to an aromatic ring is 1. The Kier molecular flexibility index (Phi) is 5.06. The fraction of sp³-hybridized carbons (Fsp3) is 0.286. The van der Waals surface area contributed by atoms with Gasteiger partial charge in [0.05, 0.1) is 7.11 Å². The third kappa shape index (κ3) is 4.03. The highest BCUT2D eigenvalue weighted by atomic mass is 32.2. The summed E-state index contributed by atoms with van der Waals surface area (Å²) in [6, 6.07) is 9.77. The molecule has 0 unspecified atom stereocenters. The second kappa shape index (κ2) is 7.00. The van der Waals surface area contributed by atoms with Crippen molar-refractivity contribution in [2.75, 3.05) is 31.0 Å². The van der Waals surface area contributed by atoms with E-state index in [2.05, 4.69) is 21.4 Å². The molecule has 0 atom stereocenters. The van der Waals surface area contributed by atoms with Gasteiger partial charge in [-0.1, -0.05) is 23.9 Å². The van der Waals surface area contributed by atoms with Crippen molar-refractivity contribution >= 4 is 23.4 Å². The van der Waals surface area contributed by atoms with Gasteiger partial charge < -0.3 is 15.8 Å². The normalized spacial score (nSPS) is 10.3. The summed E-state index contributed by atoms with van der Waals surface area (Å²) in [7, 11) is 1.67. The lowest BCUT2D eigenvalue weighted by Crippen LogP contribution is -2.08. The maximum absolute atomic E-state index is 5.73. The van der Waals surface area contributed by atoms with E-state index in [4.69, 9.17) is 10.5 Å². The van der Waals surface area contributed by atoms with Crippen LogP contribution in [0.3, 0.4) is 0 Å². The molecule has 106 valence electrons. The molecule has 5 nitrogen and oxygen atoms in total. The Morgan fingerprint density at radius 1 is 1.30 bits per heavy atom. The first-order valence-corrected chi connectivity index (χ1v) is 7.49. The molecule has 0 saturated heterocycles. The summed E-state index contributed by atoms with van der Waals surface area (Å²) in [4.78, 5) is 8.47.